The molecule has 108 valence electrons. The van der Waals surface area contributed by atoms with E-state index in [0.717, 1.165) is 18.5 Å². The summed E-state index contributed by atoms with van der Waals surface area (Å²) in [5.74, 6) is 0. The average molecular weight is 271 g/mol. The van der Waals surface area contributed by atoms with Crippen molar-refractivity contribution in [1.29, 1.82) is 5.26 Å². The minimum Gasteiger partial charge on any atom is -0.303 e. The SMILES string of the molecule is Cc1ccc(C(C#N)NCCCCN2CCCC2)cc1. The molecule has 0 radical (unpaired) electrons. The van der Waals surface area contributed by atoms with E-state index in [2.05, 4.69) is 35.3 Å². The van der Waals surface area contributed by atoms with Crippen LogP contribution in [0.4, 0.5) is 0 Å². The van der Waals surface area contributed by atoms with Crippen LogP contribution in [0, 0.1) is 18.3 Å². The van der Waals surface area contributed by atoms with Gasteiger partial charge in [-0.25, -0.2) is 0 Å². The predicted octanol–water partition coefficient (Wildman–Crippen LogP) is 3.03. The van der Waals surface area contributed by atoms with Crippen molar-refractivity contribution < 1.29 is 0 Å². The van der Waals surface area contributed by atoms with Crippen LogP contribution in [-0.4, -0.2) is 31.1 Å². The summed E-state index contributed by atoms with van der Waals surface area (Å²) < 4.78 is 0. The topological polar surface area (TPSA) is 39.1 Å². The minimum absolute atomic E-state index is 0.178. The maximum atomic E-state index is 9.26. The summed E-state index contributed by atoms with van der Waals surface area (Å²) >= 11 is 0. The van der Waals surface area contributed by atoms with Gasteiger partial charge in [0.1, 0.15) is 6.04 Å². The first-order chi connectivity index (χ1) is 9.79. The fourth-order valence-electron chi connectivity index (χ4n) is 2.71. The Bertz CT molecular complexity index is 427. The molecular weight excluding hydrogens is 246 g/mol. The Hall–Kier alpha value is -1.37. The Labute approximate surface area is 122 Å². The third-order valence-corrected chi connectivity index (χ3v) is 3.99. The number of rotatable bonds is 7. The molecule has 0 spiro atoms. The number of unbranched alkanes of at least 4 members (excludes halogenated alkanes) is 1. The molecule has 1 aliphatic heterocycles. The third kappa shape index (κ3) is 4.63. The first-order valence-corrected chi connectivity index (χ1v) is 7.71. The quantitative estimate of drug-likeness (QED) is 0.775. The number of nitriles is 1. The molecule has 0 saturated carbocycles. The summed E-state index contributed by atoms with van der Waals surface area (Å²) in [5.41, 5.74) is 2.30. The van der Waals surface area contributed by atoms with E-state index in [1.54, 1.807) is 0 Å². The second-order valence-corrected chi connectivity index (χ2v) is 5.68. The van der Waals surface area contributed by atoms with Gasteiger partial charge in [0.15, 0.2) is 0 Å². The normalized spacial score (nSPS) is 17.0. The minimum atomic E-state index is -0.178. The van der Waals surface area contributed by atoms with E-state index in [9.17, 15) is 5.26 Å². The lowest BCUT2D eigenvalue weighted by Gasteiger charge is -2.15. The Balaban J connectivity index is 1.66. The highest BCUT2D eigenvalue weighted by Crippen LogP contribution is 2.13. The van der Waals surface area contributed by atoms with Gasteiger partial charge in [-0.05, 0) is 64.3 Å². The van der Waals surface area contributed by atoms with Crippen molar-refractivity contribution in [3.8, 4) is 6.07 Å². The Morgan fingerprint density at radius 3 is 2.55 bits per heavy atom. The van der Waals surface area contributed by atoms with E-state index >= 15 is 0 Å². The lowest BCUT2D eigenvalue weighted by molar-refractivity contribution is 0.328. The molecule has 0 amide bonds. The number of nitrogens with zero attached hydrogens (tertiary/aromatic N) is 2. The van der Waals surface area contributed by atoms with Crippen LogP contribution in [0.5, 0.6) is 0 Å². The van der Waals surface area contributed by atoms with Crippen LogP contribution in [0.15, 0.2) is 24.3 Å². The van der Waals surface area contributed by atoms with Crippen molar-refractivity contribution in [2.24, 2.45) is 0 Å². The first-order valence-electron chi connectivity index (χ1n) is 7.71. The zero-order valence-electron chi connectivity index (χ0n) is 12.4. The molecule has 1 aromatic rings. The van der Waals surface area contributed by atoms with Gasteiger partial charge in [0, 0.05) is 0 Å². The standard InChI is InChI=1S/C17H25N3/c1-15-6-8-16(9-7-15)17(14-18)19-10-2-3-11-20-12-4-5-13-20/h6-9,17,19H,2-5,10-13H2,1H3. The van der Waals surface area contributed by atoms with Crippen molar-refractivity contribution in [3.63, 3.8) is 0 Å². The second kappa shape index (κ2) is 8.04. The number of likely N-dealkylation sites (tertiary alicyclic amines) is 1. The van der Waals surface area contributed by atoms with Gasteiger partial charge in [-0.1, -0.05) is 29.8 Å². The Morgan fingerprint density at radius 1 is 1.20 bits per heavy atom. The highest BCUT2D eigenvalue weighted by Gasteiger charge is 2.11. The predicted molar refractivity (Wildman–Crippen MR) is 82.4 cm³/mol. The van der Waals surface area contributed by atoms with Crippen LogP contribution in [0.2, 0.25) is 0 Å². The molecule has 0 bridgehead atoms. The van der Waals surface area contributed by atoms with Crippen LogP contribution in [0.25, 0.3) is 0 Å². The molecule has 3 heteroatoms. The lowest BCUT2D eigenvalue weighted by Crippen LogP contribution is -2.24. The van der Waals surface area contributed by atoms with Crippen LogP contribution >= 0.6 is 0 Å². The second-order valence-electron chi connectivity index (χ2n) is 5.68. The van der Waals surface area contributed by atoms with Crippen LogP contribution in [0.1, 0.15) is 42.9 Å². The first kappa shape index (κ1) is 15.0. The number of nitrogens with one attached hydrogen (secondary N) is 1. The number of benzene rings is 1. The summed E-state index contributed by atoms with van der Waals surface area (Å²) in [6.07, 6.45) is 5.09. The monoisotopic (exact) mass is 271 g/mol. The van der Waals surface area contributed by atoms with E-state index in [1.165, 1.54) is 44.5 Å². The summed E-state index contributed by atoms with van der Waals surface area (Å²) in [5, 5.41) is 12.6. The largest absolute Gasteiger partial charge is 0.303 e. The molecule has 0 aromatic heterocycles. The maximum Gasteiger partial charge on any atom is 0.121 e. The van der Waals surface area contributed by atoms with E-state index in [1.807, 2.05) is 12.1 Å². The molecule has 1 aliphatic rings. The summed E-state index contributed by atoms with van der Waals surface area (Å²) in [4.78, 5) is 2.54. The molecule has 1 N–H and O–H groups in total. The lowest BCUT2D eigenvalue weighted by atomic mass is 10.1. The fourth-order valence-corrected chi connectivity index (χ4v) is 2.71. The van der Waals surface area contributed by atoms with Gasteiger partial charge in [0.05, 0.1) is 6.07 Å². The van der Waals surface area contributed by atoms with Gasteiger partial charge >= 0.3 is 0 Å². The van der Waals surface area contributed by atoms with Crippen LogP contribution < -0.4 is 5.32 Å². The Kier molecular flexibility index (Phi) is 6.04. The van der Waals surface area contributed by atoms with Gasteiger partial charge in [0.2, 0.25) is 0 Å². The van der Waals surface area contributed by atoms with E-state index in [0.29, 0.717) is 0 Å². The molecule has 20 heavy (non-hydrogen) atoms. The molecule has 2 rings (SSSR count). The van der Waals surface area contributed by atoms with Crippen molar-refractivity contribution in [1.82, 2.24) is 10.2 Å². The van der Waals surface area contributed by atoms with Crippen molar-refractivity contribution >= 4 is 0 Å². The summed E-state index contributed by atoms with van der Waals surface area (Å²) in [6.45, 7) is 6.75. The summed E-state index contributed by atoms with van der Waals surface area (Å²) in [7, 11) is 0. The van der Waals surface area contributed by atoms with Gasteiger partial charge < -0.3 is 4.90 Å². The van der Waals surface area contributed by atoms with Gasteiger partial charge in [-0.2, -0.15) is 5.26 Å². The van der Waals surface area contributed by atoms with Crippen molar-refractivity contribution in [2.75, 3.05) is 26.2 Å². The molecule has 1 fully saturated rings. The van der Waals surface area contributed by atoms with Gasteiger partial charge in [-0.15, -0.1) is 0 Å². The zero-order valence-corrected chi connectivity index (χ0v) is 12.4. The molecule has 1 atom stereocenters. The number of hydrogen-bond acceptors (Lipinski definition) is 3. The average Bonchev–Trinajstić information content (AvgIpc) is 2.97. The van der Waals surface area contributed by atoms with Gasteiger partial charge in [-0.3, -0.25) is 5.32 Å². The summed E-state index contributed by atoms with van der Waals surface area (Å²) in [6, 6.07) is 10.4. The smallest absolute Gasteiger partial charge is 0.121 e. The molecule has 3 nitrogen and oxygen atoms in total. The highest BCUT2D eigenvalue weighted by atomic mass is 15.1. The molecule has 0 aliphatic carbocycles. The maximum absolute atomic E-state index is 9.26. The molecule has 1 heterocycles. The number of hydrogen-bond donors (Lipinski definition) is 1. The Morgan fingerprint density at radius 2 is 1.90 bits per heavy atom. The van der Waals surface area contributed by atoms with Crippen molar-refractivity contribution in [3.05, 3.63) is 35.4 Å². The third-order valence-electron chi connectivity index (χ3n) is 3.99. The van der Waals surface area contributed by atoms with Gasteiger partial charge in [0.25, 0.3) is 0 Å². The molecule has 1 aromatic carbocycles. The van der Waals surface area contributed by atoms with E-state index < -0.39 is 0 Å². The van der Waals surface area contributed by atoms with Crippen molar-refractivity contribution in [2.45, 2.75) is 38.6 Å². The molecule has 1 unspecified atom stereocenters. The molecule has 1 saturated heterocycles. The van der Waals surface area contributed by atoms with Crippen LogP contribution in [-0.2, 0) is 0 Å². The zero-order chi connectivity index (χ0) is 14.2. The molecular formula is C17H25N3. The van der Waals surface area contributed by atoms with Crippen LogP contribution in [0.3, 0.4) is 0 Å². The fraction of sp³-hybridized carbons (Fsp3) is 0.588. The van der Waals surface area contributed by atoms with E-state index in [4.69, 9.17) is 0 Å². The number of aryl methyl sites for hydroxylation is 1. The highest BCUT2D eigenvalue weighted by molar-refractivity contribution is 5.27. The van der Waals surface area contributed by atoms with E-state index in [-0.39, 0.29) is 6.04 Å².